The van der Waals surface area contributed by atoms with Gasteiger partial charge in [-0.05, 0) is 43.3 Å². The first kappa shape index (κ1) is 23.5. The fourth-order valence-corrected chi connectivity index (χ4v) is 4.71. The summed E-state index contributed by atoms with van der Waals surface area (Å²) in [7, 11) is 1.58. The number of hydrogen-bond donors (Lipinski definition) is 2. The summed E-state index contributed by atoms with van der Waals surface area (Å²) in [5.41, 5.74) is 3.79. The highest BCUT2D eigenvalue weighted by Crippen LogP contribution is 2.26. The van der Waals surface area contributed by atoms with Crippen molar-refractivity contribution in [2.45, 2.75) is 11.8 Å². The molecule has 0 aliphatic carbocycles. The van der Waals surface area contributed by atoms with Crippen molar-refractivity contribution in [1.29, 1.82) is 0 Å². The van der Waals surface area contributed by atoms with Crippen molar-refractivity contribution in [1.82, 2.24) is 4.98 Å². The zero-order chi connectivity index (χ0) is 23.9. The molecule has 34 heavy (non-hydrogen) atoms. The number of thioether (sulfide) groups is 1. The van der Waals surface area contributed by atoms with E-state index < -0.39 is 0 Å². The lowest BCUT2D eigenvalue weighted by Gasteiger charge is -2.11. The average Bonchev–Trinajstić information content (AvgIpc) is 3.29. The Morgan fingerprint density at radius 1 is 0.971 bits per heavy atom. The predicted molar refractivity (Wildman–Crippen MR) is 139 cm³/mol. The SMILES string of the molecule is COc1cccc(NC(=O)CSc2ccccc2C(=O)Nc2ccc(-c3csc(C)n3)cc2)c1. The number of carbonyl (C=O) groups excluding carboxylic acids is 2. The molecule has 0 radical (unpaired) electrons. The van der Waals surface area contributed by atoms with Gasteiger partial charge in [0.25, 0.3) is 5.91 Å². The summed E-state index contributed by atoms with van der Waals surface area (Å²) in [5, 5.41) is 8.82. The van der Waals surface area contributed by atoms with Crippen LogP contribution in [-0.2, 0) is 4.79 Å². The first-order valence-electron chi connectivity index (χ1n) is 10.5. The molecule has 0 aliphatic rings. The highest BCUT2D eigenvalue weighted by molar-refractivity contribution is 8.00. The fraction of sp³-hybridized carbons (Fsp3) is 0.115. The zero-order valence-corrected chi connectivity index (χ0v) is 20.3. The number of hydrogen-bond acceptors (Lipinski definition) is 6. The van der Waals surface area contributed by atoms with Gasteiger partial charge in [-0.2, -0.15) is 0 Å². The van der Waals surface area contributed by atoms with Crippen LogP contribution in [0.2, 0.25) is 0 Å². The Morgan fingerprint density at radius 3 is 2.50 bits per heavy atom. The molecule has 0 unspecified atom stereocenters. The lowest BCUT2D eigenvalue weighted by atomic mass is 10.1. The molecule has 2 N–H and O–H groups in total. The van der Waals surface area contributed by atoms with E-state index in [1.165, 1.54) is 11.8 Å². The molecule has 0 bridgehead atoms. The largest absolute Gasteiger partial charge is 0.497 e. The Bertz CT molecular complexity index is 1300. The van der Waals surface area contributed by atoms with E-state index in [9.17, 15) is 9.59 Å². The first-order valence-corrected chi connectivity index (χ1v) is 12.4. The number of methoxy groups -OCH3 is 1. The van der Waals surface area contributed by atoms with E-state index in [-0.39, 0.29) is 17.6 Å². The number of aryl methyl sites for hydroxylation is 1. The second-order valence-electron chi connectivity index (χ2n) is 7.35. The van der Waals surface area contributed by atoms with E-state index in [4.69, 9.17) is 4.74 Å². The molecule has 1 aromatic heterocycles. The second kappa shape index (κ2) is 11.0. The number of carbonyl (C=O) groups is 2. The van der Waals surface area contributed by atoms with Gasteiger partial charge >= 0.3 is 0 Å². The minimum Gasteiger partial charge on any atom is -0.497 e. The van der Waals surface area contributed by atoms with Crippen LogP contribution < -0.4 is 15.4 Å². The van der Waals surface area contributed by atoms with Crippen molar-refractivity contribution < 1.29 is 14.3 Å². The van der Waals surface area contributed by atoms with Crippen molar-refractivity contribution in [3.05, 3.63) is 88.7 Å². The second-order valence-corrected chi connectivity index (χ2v) is 9.43. The molecule has 0 atom stereocenters. The monoisotopic (exact) mass is 489 g/mol. The molecule has 0 aliphatic heterocycles. The van der Waals surface area contributed by atoms with Crippen LogP contribution in [0.15, 0.2) is 83.1 Å². The topological polar surface area (TPSA) is 80.3 Å². The summed E-state index contributed by atoms with van der Waals surface area (Å²) >= 11 is 2.92. The molecule has 4 aromatic rings. The van der Waals surface area contributed by atoms with Gasteiger partial charge in [-0.25, -0.2) is 4.98 Å². The average molecular weight is 490 g/mol. The van der Waals surface area contributed by atoms with E-state index in [1.807, 2.05) is 66.9 Å². The molecule has 8 heteroatoms. The molecule has 0 saturated carbocycles. The Morgan fingerprint density at radius 2 is 1.76 bits per heavy atom. The molecule has 6 nitrogen and oxygen atoms in total. The third kappa shape index (κ3) is 6.03. The van der Waals surface area contributed by atoms with Crippen LogP contribution in [-0.4, -0.2) is 29.7 Å². The van der Waals surface area contributed by atoms with Gasteiger partial charge in [-0.3, -0.25) is 9.59 Å². The molecule has 0 fully saturated rings. The van der Waals surface area contributed by atoms with Crippen molar-refractivity contribution in [3.8, 4) is 17.0 Å². The summed E-state index contributed by atoms with van der Waals surface area (Å²) in [4.78, 5) is 30.6. The Hall–Kier alpha value is -3.62. The van der Waals surface area contributed by atoms with Crippen molar-refractivity contribution in [2.24, 2.45) is 0 Å². The van der Waals surface area contributed by atoms with Gasteiger partial charge in [0.2, 0.25) is 5.91 Å². The standard InChI is InChI=1S/C26H23N3O3S2/c1-17-27-23(15-33-17)18-10-12-19(13-11-18)29-26(31)22-8-3-4-9-24(22)34-16-25(30)28-20-6-5-7-21(14-20)32-2/h3-15H,16H2,1-2H3,(H,28,30)(H,29,31). The minimum absolute atomic E-state index is 0.165. The number of aromatic nitrogens is 1. The summed E-state index contributed by atoms with van der Waals surface area (Å²) in [6.07, 6.45) is 0. The fourth-order valence-electron chi connectivity index (χ4n) is 3.24. The number of nitrogens with one attached hydrogen (secondary N) is 2. The van der Waals surface area contributed by atoms with Gasteiger partial charge in [-0.1, -0.05) is 30.3 Å². The predicted octanol–water partition coefficient (Wildman–Crippen LogP) is 6.11. The van der Waals surface area contributed by atoms with Crippen LogP contribution in [0.1, 0.15) is 15.4 Å². The Kier molecular flexibility index (Phi) is 7.61. The van der Waals surface area contributed by atoms with Gasteiger partial charge in [0, 0.05) is 33.3 Å². The molecule has 2 amide bonds. The molecule has 0 spiro atoms. The van der Waals surface area contributed by atoms with Crippen LogP contribution in [0.3, 0.4) is 0 Å². The van der Waals surface area contributed by atoms with Crippen molar-refractivity contribution in [2.75, 3.05) is 23.5 Å². The third-order valence-corrected chi connectivity index (χ3v) is 6.75. The van der Waals surface area contributed by atoms with Gasteiger partial charge < -0.3 is 15.4 Å². The number of ether oxygens (including phenoxy) is 1. The maximum absolute atomic E-state index is 12.9. The zero-order valence-electron chi connectivity index (χ0n) is 18.7. The summed E-state index contributed by atoms with van der Waals surface area (Å²) in [6, 6.07) is 22.0. The van der Waals surface area contributed by atoms with E-state index in [0.29, 0.717) is 22.7 Å². The highest BCUT2D eigenvalue weighted by Gasteiger charge is 2.14. The van der Waals surface area contributed by atoms with Gasteiger partial charge in [0.05, 0.1) is 29.1 Å². The smallest absolute Gasteiger partial charge is 0.256 e. The Balaban J connectivity index is 1.38. The van der Waals surface area contributed by atoms with E-state index in [0.717, 1.165) is 21.2 Å². The van der Waals surface area contributed by atoms with Crippen LogP contribution in [0, 0.1) is 6.92 Å². The quantitative estimate of drug-likeness (QED) is 0.292. The molecule has 4 rings (SSSR count). The molecule has 3 aromatic carbocycles. The van der Waals surface area contributed by atoms with E-state index >= 15 is 0 Å². The number of benzene rings is 3. The molecular weight excluding hydrogens is 466 g/mol. The molecular formula is C26H23N3O3S2. The number of rotatable bonds is 8. The maximum atomic E-state index is 12.9. The lowest BCUT2D eigenvalue weighted by molar-refractivity contribution is -0.113. The van der Waals surface area contributed by atoms with Crippen LogP contribution in [0.25, 0.3) is 11.3 Å². The number of anilines is 2. The van der Waals surface area contributed by atoms with Crippen LogP contribution >= 0.6 is 23.1 Å². The number of amides is 2. The summed E-state index contributed by atoms with van der Waals surface area (Å²) in [5.74, 6) is 0.445. The highest BCUT2D eigenvalue weighted by atomic mass is 32.2. The molecule has 172 valence electrons. The number of thiazole rings is 1. The van der Waals surface area contributed by atoms with Gasteiger partial charge in [0.1, 0.15) is 5.75 Å². The van der Waals surface area contributed by atoms with Crippen molar-refractivity contribution >= 4 is 46.3 Å². The number of nitrogens with zero attached hydrogens (tertiary/aromatic N) is 1. The molecule has 0 saturated heterocycles. The summed E-state index contributed by atoms with van der Waals surface area (Å²) < 4.78 is 5.18. The first-order chi connectivity index (χ1) is 16.5. The van der Waals surface area contributed by atoms with Crippen LogP contribution in [0.5, 0.6) is 5.75 Å². The lowest BCUT2D eigenvalue weighted by Crippen LogP contribution is -2.16. The molecule has 1 heterocycles. The normalized spacial score (nSPS) is 10.5. The summed E-state index contributed by atoms with van der Waals surface area (Å²) in [6.45, 7) is 1.97. The van der Waals surface area contributed by atoms with E-state index in [1.54, 1.807) is 36.6 Å². The van der Waals surface area contributed by atoms with E-state index in [2.05, 4.69) is 15.6 Å². The third-order valence-electron chi connectivity index (χ3n) is 4.90. The van der Waals surface area contributed by atoms with Gasteiger partial charge in [-0.15, -0.1) is 23.1 Å². The van der Waals surface area contributed by atoms with Crippen molar-refractivity contribution in [3.63, 3.8) is 0 Å². The maximum Gasteiger partial charge on any atom is 0.256 e. The Labute approximate surface area is 206 Å². The minimum atomic E-state index is -0.228. The van der Waals surface area contributed by atoms with Crippen LogP contribution in [0.4, 0.5) is 11.4 Å². The van der Waals surface area contributed by atoms with Gasteiger partial charge in [0.15, 0.2) is 0 Å².